The first-order valence-corrected chi connectivity index (χ1v) is 11.7. The van der Waals surface area contributed by atoms with Gasteiger partial charge in [-0.3, -0.25) is 9.59 Å². The van der Waals surface area contributed by atoms with Crippen LogP contribution in [-0.4, -0.2) is 24.2 Å². The normalized spacial score (nSPS) is 10.9. The Labute approximate surface area is 213 Å². The number of hydrogen-bond donors (Lipinski definition) is 1. The van der Waals surface area contributed by atoms with Gasteiger partial charge in [0.2, 0.25) is 5.91 Å². The Balaban J connectivity index is 1.59. The summed E-state index contributed by atoms with van der Waals surface area (Å²) in [7, 11) is 3.30. The molecule has 180 valence electrons. The first-order valence-electron chi connectivity index (χ1n) is 11.0. The fourth-order valence-electron chi connectivity index (χ4n) is 3.92. The molecule has 0 saturated heterocycles. The van der Waals surface area contributed by atoms with Crippen LogP contribution in [-0.2, 0) is 18.4 Å². The molecule has 0 atom stereocenters. The molecule has 0 radical (unpaired) electrons. The number of nitrogens with one attached hydrogen (secondary N) is 1. The zero-order chi connectivity index (χ0) is 24.9. The van der Waals surface area contributed by atoms with Crippen molar-refractivity contribution in [3.05, 3.63) is 92.8 Å². The van der Waals surface area contributed by atoms with Crippen LogP contribution < -0.4 is 20.3 Å². The third-order valence-corrected chi connectivity index (χ3v) is 6.25. The van der Waals surface area contributed by atoms with Crippen LogP contribution in [0.2, 0.25) is 10.0 Å². The van der Waals surface area contributed by atoms with E-state index in [1.807, 2.05) is 36.4 Å². The van der Waals surface area contributed by atoms with Crippen molar-refractivity contribution in [1.29, 1.82) is 0 Å². The first-order chi connectivity index (χ1) is 16.9. The maximum atomic E-state index is 13.1. The van der Waals surface area contributed by atoms with E-state index in [2.05, 4.69) is 5.32 Å². The minimum Gasteiger partial charge on any atom is -0.497 e. The molecule has 0 unspecified atom stereocenters. The highest BCUT2D eigenvalue weighted by atomic mass is 35.5. The van der Waals surface area contributed by atoms with Crippen LogP contribution in [0.15, 0.2) is 71.5 Å². The summed E-state index contributed by atoms with van der Waals surface area (Å²) in [6, 6.07) is 20.1. The number of ether oxygens (including phenoxy) is 2. The summed E-state index contributed by atoms with van der Waals surface area (Å²) in [5, 5.41) is 5.15. The van der Waals surface area contributed by atoms with Gasteiger partial charge >= 0.3 is 0 Å². The highest BCUT2D eigenvalue weighted by Gasteiger charge is 2.18. The van der Waals surface area contributed by atoms with Crippen molar-refractivity contribution in [2.45, 2.75) is 13.0 Å². The Morgan fingerprint density at radius 2 is 1.77 bits per heavy atom. The molecule has 0 bridgehead atoms. The molecule has 1 N–H and O–H groups in total. The number of fused-ring (bicyclic) bond motifs is 1. The lowest BCUT2D eigenvalue weighted by atomic mass is 9.96. The molecular weight excluding hydrogens is 487 g/mol. The topological polar surface area (TPSA) is 69.6 Å². The third kappa shape index (κ3) is 5.45. The number of amides is 1. The van der Waals surface area contributed by atoms with E-state index < -0.39 is 0 Å². The van der Waals surface area contributed by atoms with Gasteiger partial charge in [-0.25, -0.2) is 0 Å². The minimum absolute atomic E-state index is 0.120. The Morgan fingerprint density at radius 3 is 2.49 bits per heavy atom. The maximum Gasteiger partial charge on any atom is 0.258 e. The van der Waals surface area contributed by atoms with E-state index in [0.29, 0.717) is 32.6 Å². The quantitative estimate of drug-likeness (QED) is 0.334. The molecule has 35 heavy (non-hydrogen) atoms. The standard InChI is InChI=1S/C27H24Cl2N2O4/c1-31-23(16-30-25(32)12-13-35-24-11-8-18(28)14-22(24)29)26(17-6-4-3-5-7-17)21-15-19(34-2)9-10-20(21)27(31)33/h3-11,14-15H,12-13,16H2,1-2H3,(H,30,32). The van der Waals surface area contributed by atoms with Gasteiger partial charge in [0, 0.05) is 34.1 Å². The Kier molecular flexibility index (Phi) is 7.63. The summed E-state index contributed by atoms with van der Waals surface area (Å²) in [5.41, 5.74) is 2.35. The molecule has 0 aliphatic carbocycles. The molecule has 0 aliphatic heterocycles. The lowest BCUT2D eigenvalue weighted by Crippen LogP contribution is -2.30. The molecule has 1 aromatic heterocycles. The molecule has 6 nitrogen and oxygen atoms in total. The summed E-state index contributed by atoms with van der Waals surface area (Å²) in [6.45, 7) is 0.316. The summed E-state index contributed by atoms with van der Waals surface area (Å²) in [4.78, 5) is 25.7. The van der Waals surface area contributed by atoms with Gasteiger partial charge in [-0.05, 0) is 42.0 Å². The van der Waals surface area contributed by atoms with Crippen LogP contribution in [0.1, 0.15) is 12.1 Å². The molecule has 1 heterocycles. The van der Waals surface area contributed by atoms with Crippen LogP contribution in [0, 0.1) is 0 Å². The van der Waals surface area contributed by atoms with E-state index in [1.54, 1.807) is 49.1 Å². The SMILES string of the molecule is COc1ccc2c(=O)n(C)c(CNC(=O)CCOc3ccc(Cl)cc3Cl)c(-c3ccccc3)c2c1. The monoisotopic (exact) mass is 510 g/mol. The van der Waals surface area contributed by atoms with Gasteiger partial charge < -0.3 is 19.4 Å². The van der Waals surface area contributed by atoms with Gasteiger partial charge in [0.05, 0.1) is 31.7 Å². The average molecular weight is 511 g/mol. The second kappa shape index (κ2) is 10.8. The fraction of sp³-hybridized carbons (Fsp3) is 0.185. The number of hydrogen-bond acceptors (Lipinski definition) is 4. The molecule has 3 aromatic carbocycles. The Bertz CT molecular complexity index is 1440. The number of benzene rings is 3. The van der Waals surface area contributed by atoms with Gasteiger partial charge in [0.15, 0.2) is 0 Å². The molecule has 1 amide bonds. The third-order valence-electron chi connectivity index (χ3n) is 5.72. The minimum atomic E-state index is -0.215. The first kappa shape index (κ1) is 24.6. The summed E-state index contributed by atoms with van der Waals surface area (Å²) in [6.07, 6.45) is 0.120. The van der Waals surface area contributed by atoms with Crippen LogP contribution in [0.25, 0.3) is 21.9 Å². The highest BCUT2D eigenvalue weighted by molar-refractivity contribution is 6.35. The molecule has 0 spiro atoms. The number of carbonyl (C=O) groups excluding carboxylic acids is 1. The van der Waals surface area contributed by atoms with Crippen molar-refractivity contribution >= 4 is 39.9 Å². The van der Waals surface area contributed by atoms with E-state index in [9.17, 15) is 9.59 Å². The molecule has 0 aliphatic rings. The lowest BCUT2D eigenvalue weighted by molar-refractivity contribution is -0.121. The predicted molar refractivity (Wildman–Crippen MR) is 140 cm³/mol. The van der Waals surface area contributed by atoms with Crippen molar-refractivity contribution < 1.29 is 14.3 Å². The van der Waals surface area contributed by atoms with Gasteiger partial charge in [-0.1, -0.05) is 53.5 Å². The number of pyridine rings is 1. The average Bonchev–Trinajstić information content (AvgIpc) is 2.86. The lowest BCUT2D eigenvalue weighted by Gasteiger charge is -2.19. The zero-order valence-corrected chi connectivity index (χ0v) is 20.8. The molecule has 4 aromatic rings. The fourth-order valence-corrected chi connectivity index (χ4v) is 4.38. The number of nitrogens with zero attached hydrogens (tertiary/aromatic N) is 1. The van der Waals surface area contributed by atoms with Crippen molar-refractivity contribution in [3.63, 3.8) is 0 Å². The Hall–Kier alpha value is -3.48. The van der Waals surface area contributed by atoms with Gasteiger partial charge in [-0.15, -0.1) is 0 Å². The molecule has 0 saturated carbocycles. The largest absolute Gasteiger partial charge is 0.497 e. The number of aromatic nitrogens is 1. The summed E-state index contributed by atoms with van der Waals surface area (Å²) in [5.74, 6) is 0.893. The summed E-state index contributed by atoms with van der Waals surface area (Å²) < 4.78 is 12.6. The Morgan fingerprint density at radius 1 is 1.00 bits per heavy atom. The van der Waals surface area contributed by atoms with E-state index >= 15 is 0 Å². The molecular formula is C27H24Cl2N2O4. The number of methoxy groups -OCH3 is 1. The van der Waals surface area contributed by atoms with Crippen molar-refractivity contribution in [2.24, 2.45) is 7.05 Å². The molecule has 4 rings (SSSR count). The molecule has 8 heteroatoms. The van der Waals surface area contributed by atoms with Crippen molar-refractivity contribution in [3.8, 4) is 22.6 Å². The number of halogens is 2. The van der Waals surface area contributed by atoms with Crippen molar-refractivity contribution in [2.75, 3.05) is 13.7 Å². The van der Waals surface area contributed by atoms with Gasteiger partial charge in [-0.2, -0.15) is 0 Å². The highest BCUT2D eigenvalue weighted by Crippen LogP contribution is 2.33. The number of rotatable bonds is 8. The second-order valence-corrected chi connectivity index (χ2v) is 8.76. The number of carbonyl (C=O) groups is 1. The van der Waals surface area contributed by atoms with Gasteiger partial charge in [0.1, 0.15) is 11.5 Å². The maximum absolute atomic E-state index is 13.1. The van der Waals surface area contributed by atoms with Crippen LogP contribution in [0.5, 0.6) is 11.5 Å². The van der Waals surface area contributed by atoms with E-state index in [1.165, 1.54) is 0 Å². The van der Waals surface area contributed by atoms with Crippen molar-refractivity contribution in [1.82, 2.24) is 9.88 Å². The predicted octanol–water partition coefficient (Wildman–Crippen LogP) is 5.61. The van der Waals surface area contributed by atoms with E-state index in [4.69, 9.17) is 32.7 Å². The molecule has 0 fully saturated rings. The van der Waals surface area contributed by atoms with Crippen LogP contribution >= 0.6 is 23.2 Å². The smallest absolute Gasteiger partial charge is 0.258 e. The van der Waals surface area contributed by atoms with Crippen LogP contribution in [0.3, 0.4) is 0 Å². The van der Waals surface area contributed by atoms with E-state index in [-0.39, 0.29) is 31.0 Å². The zero-order valence-electron chi connectivity index (χ0n) is 19.3. The van der Waals surface area contributed by atoms with Crippen LogP contribution in [0.4, 0.5) is 0 Å². The summed E-state index contributed by atoms with van der Waals surface area (Å²) >= 11 is 12.0. The van der Waals surface area contributed by atoms with E-state index in [0.717, 1.165) is 16.5 Å². The second-order valence-electron chi connectivity index (χ2n) is 7.91. The van der Waals surface area contributed by atoms with Gasteiger partial charge in [0.25, 0.3) is 5.56 Å².